The number of carbonyl (C=O) groups excluding carboxylic acids is 1. The summed E-state index contributed by atoms with van der Waals surface area (Å²) in [5, 5.41) is 0.315. The zero-order valence-electron chi connectivity index (χ0n) is 16.6. The highest BCUT2D eigenvalue weighted by atomic mass is 32.1. The average Bonchev–Trinajstić information content (AvgIpc) is 3.22. The maximum Gasteiger partial charge on any atom is 0.263 e. The lowest BCUT2D eigenvalue weighted by Crippen LogP contribution is -2.31. The Hall–Kier alpha value is -3.59. The van der Waals surface area contributed by atoms with Crippen molar-refractivity contribution in [2.75, 3.05) is 19.1 Å². The Morgan fingerprint density at radius 3 is 2.55 bits per heavy atom. The quantitative estimate of drug-likeness (QED) is 0.429. The van der Waals surface area contributed by atoms with E-state index < -0.39 is 17.5 Å². The molecular weight excluding hydrogens is 424 g/mol. The molecular formula is C22H17F2N3O3S. The molecule has 158 valence electrons. The van der Waals surface area contributed by atoms with E-state index in [0.717, 1.165) is 17.7 Å². The molecule has 31 heavy (non-hydrogen) atoms. The first-order valence-electron chi connectivity index (χ1n) is 9.19. The van der Waals surface area contributed by atoms with E-state index in [1.165, 1.54) is 30.5 Å². The lowest BCUT2D eigenvalue weighted by Gasteiger charge is -2.20. The molecule has 0 bridgehead atoms. The van der Waals surface area contributed by atoms with E-state index in [1.54, 1.807) is 36.7 Å². The third kappa shape index (κ3) is 4.04. The molecule has 9 heteroatoms. The fourth-order valence-electron chi connectivity index (χ4n) is 3.10. The van der Waals surface area contributed by atoms with Crippen LogP contribution < -0.4 is 14.4 Å². The summed E-state index contributed by atoms with van der Waals surface area (Å²) in [6, 6.07) is 9.85. The molecule has 4 aromatic rings. The van der Waals surface area contributed by atoms with Crippen LogP contribution in [0.5, 0.6) is 11.5 Å². The first-order chi connectivity index (χ1) is 15.0. The van der Waals surface area contributed by atoms with E-state index in [-0.39, 0.29) is 12.1 Å². The van der Waals surface area contributed by atoms with Gasteiger partial charge in [-0.1, -0.05) is 17.4 Å². The molecule has 2 aromatic heterocycles. The zero-order valence-corrected chi connectivity index (χ0v) is 17.5. The summed E-state index contributed by atoms with van der Waals surface area (Å²) in [7, 11) is 3.06. The van der Waals surface area contributed by atoms with Crippen LogP contribution in [0.4, 0.5) is 13.9 Å². The fourth-order valence-corrected chi connectivity index (χ4v) is 4.17. The molecule has 0 aliphatic heterocycles. The first-order valence-corrected chi connectivity index (χ1v) is 10.0. The minimum Gasteiger partial charge on any atom is -0.495 e. The summed E-state index contributed by atoms with van der Waals surface area (Å²) in [6.07, 6.45) is 3.22. The lowest BCUT2D eigenvalue weighted by molar-refractivity contribution is 0.0981. The number of hydrogen-bond donors (Lipinski definition) is 0. The molecule has 0 unspecified atom stereocenters. The zero-order chi connectivity index (χ0) is 22.0. The average molecular weight is 441 g/mol. The molecule has 1 amide bonds. The number of nitrogens with zero attached hydrogens (tertiary/aromatic N) is 3. The standard InChI is InChI=1S/C22H17F2N3O3S/c1-29-17-7-8-18(30-2)20-19(17)26-22(31-20)27(12-13-4-3-9-25-11-13)21(28)15-6-5-14(23)10-16(15)24/h3-11H,12H2,1-2H3. The van der Waals surface area contributed by atoms with Crippen LogP contribution in [0, 0.1) is 11.6 Å². The highest BCUT2D eigenvalue weighted by Crippen LogP contribution is 2.40. The highest BCUT2D eigenvalue weighted by molar-refractivity contribution is 7.22. The summed E-state index contributed by atoms with van der Waals surface area (Å²) in [5.41, 5.74) is 0.977. The van der Waals surface area contributed by atoms with E-state index in [2.05, 4.69) is 9.97 Å². The molecule has 0 aliphatic carbocycles. The molecule has 0 radical (unpaired) electrons. The van der Waals surface area contributed by atoms with Crippen LogP contribution in [0.1, 0.15) is 15.9 Å². The smallest absolute Gasteiger partial charge is 0.263 e. The van der Waals surface area contributed by atoms with Crippen molar-refractivity contribution in [1.82, 2.24) is 9.97 Å². The van der Waals surface area contributed by atoms with Crippen LogP contribution in [0.25, 0.3) is 10.2 Å². The van der Waals surface area contributed by atoms with Gasteiger partial charge in [-0.3, -0.25) is 14.7 Å². The lowest BCUT2D eigenvalue weighted by atomic mass is 10.1. The predicted octanol–water partition coefficient (Wildman–Crippen LogP) is 4.83. The van der Waals surface area contributed by atoms with Gasteiger partial charge in [0.25, 0.3) is 5.91 Å². The molecule has 0 spiro atoms. The molecule has 0 saturated heterocycles. The fraction of sp³-hybridized carbons (Fsp3) is 0.136. The SMILES string of the molecule is COc1ccc(OC)c2sc(N(Cc3cccnc3)C(=O)c3ccc(F)cc3F)nc12. The van der Waals surface area contributed by atoms with Crippen LogP contribution >= 0.6 is 11.3 Å². The van der Waals surface area contributed by atoms with Crippen LogP contribution in [0.15, 0.2) is 54.9 Å². The van der Waals surface area contributed by atoms with Crippen molar-refractivity contribution < 1.29 is 23.0 Å². The van der Waals surface area contributed by atoms with E-state index >= 15 is 0 Å². The monoisotopic (exact) mass is 441 g/mol. The minimum atomic E-state index is -0.947. The van der Waals surface area contributed by atoms with Crippen LogP contribution in [0.2, 0.25) is 0 Å². The van der Waals surface area contributed by atoms with E-state index in [4.69, 9.17) is 9.47 Å². The Bertz CT molecular complexity index is 1210. The molecule has 2 aromatic carbocycles. The van der Waals surface area contributed by atoms with Crippen LogP contribution in [0.3, 0.4) is 0 Å². The van der Waals surface area contributed by atoms with Gasteiger partial charge in [-0.25, -0.2) is 13.8 Å². The Balaban J connectivity index is 1.85. The van der Waals surface area contributed by atoms with Crippen molar-refractivity contribution in [3.05, 3.63) is 77.6 Å². The maximum absolute atomic E-state index is 14.4. The van der Waals surface area contributed by atoms with Crippen LogP contribution in [-0.2, 0) is 6.54 Å². The van der Waals surface area contributed by atoms with Gasteiger partial charge in [0.1, 0.15) is 33.4 Å². The predicted molar refractivity (Wildman–Crippen MR) is 114 cm³/mol. The molecule has 0 atom stereocenters. The number of thiazole rings is 1. The Kier molecular flexibility index (Phi) is 5.77. The molecule has 4 rings (SSSR count). The Morgan fingerprint density at radius 2 is 1.87 bits per heavy atom. The molecule has 0 N–H and O–H groups in total. The van der Waals surface area contributed by atoms with Gasteiger partial charge in [0.05, 0.1) is 26.3 Å². The van der Waals surface area contributed by atoms with Crippen molar-refractivity contribution in [3.8, 4) is 11.5 Å². The van der Waals surface area contributed by atoms with Gasteiger partial charge in [0, 0.05) is 18.5 Å². The van der Waals surface area contributed by atoms with Gasteiger partial charge < -0.3 is 9.47 Å². The second-order valence-corrected chi connectivity index (χ2v) is 7.50. The van der Waals surface area contributed by atoms with Crippen molar-refractivity contribution in [3.63, 3.8) is 0 Å². The normalized spacial score (nSPS) is 10.8. The summed E-state index contributed by atoms with van der Waals surface area (Å²) < 4.78 is 39.3. The largest absolute Gasteiger partial charge is 0.495 e. The number of pyridine rings is 1. The van der Waals surface area contributed by atoms with Crippen molar-refractivity contribution in [1.29, 1.82) is 0 Å². The number of ether oxygens (including phenoxy) is 2. The number of benzene rings is 2. The summed E-state index contributed by atoms with van der Waals surface area (Å²) >= 11 is 1.21. The third-order valence-electron chi connectivity index (χ3n) is 4.60. The molecule has 0 aliphatic rings. The van der Waals surface area contributed by atoms with E-state index in [0.29, 0.717) is 32.9 Å². The van der Waals surface area contributed by atoms with Crippen molar-refractivity contribution in [2.45, 2.75) is 6.54 Å². The third-order valence-corrected chi connectivity index (χ3v) is 5.69. The van der Waals surface area contributed by atoms with E-state index in [9.17, 15) is 13.6 Å². The number of halogens is 2. The number of carbonyl (C=O) groups is 1. The highest BCUT2D eigenvalue weighted by Gasteiger charge is 2.26. The second-order valence-electron chi connectivity index (χ2n) is 6.52. The number of anilines is 1. The molecule has 6 nitrogen and oxygen atoms in total. The summed E-state index contributed by atoms with van der Waals surface area (Å²) in [6.45, 7) is 0.0912. The van der Waals surface area contributed by atoms with Crippen molar-refractivity contribution >= 4 is 32.6 Å². The number of methoxy groups -OCH3 is 2. The van der Waals surface area contributed by atoms with Gasteiger partial charge in [0.15, 0.2) is 5.13 Å². The maximum atomic E-state index is 14.4. The second kappa shape index (κ2) is 8.65. The molecule has 0 fully saturated rings. The Labute approximate surface area is 180 Å². The minimum absolute atomic E-state index is 0.0912. The summed E-state index contributed by atoms with van der Waals surface area (Å²) in [4.78, 5) is 23.3. The number of aromatic nitrogens is 2. The topological polar surface area (TPSA) is 64.6 Å². The van der Waals surface area contributed by atoms with Gasteiger partial charge in [-0.2, -0.15) is 0 Å². The number of fused-ring (bicyclic) bond motifs is 1. The van der Waals surface area contributed by atoms with Crippen LogP contribution in [-0.4, -0.2) is 30.1 Å². The number of hydrogen-bond acceptors (Lipinski definition) is 6. The molecule has 2 heterocycles. The van der Waals surface area contributed by atoms with Gasteiger partial charge >= 0.3 is 0 Å². The number of rotatable bonds is 6. The number of amides is 1. The molecule has 0 saturated carbocycles. The van der Waals surface area contributed by atoms with Gasteiger partial charge in [0.2, 0.25) is 0 Å². The Morgan fingerprint density at radius 1 is 1.10 bits per heavy atom. The van der Waals surface area contributed by atoms with E-state index in [1.807, 2.05) is 0 Å². The summed E-state index contributed by atoms with van der Waals surface area (Å²) in [5.74, 6) is -1.28. The van der Waals surface area contributed by atoms with Gasteiger partial charge in [-0.15, -0.1) is 0 Å². The van der Waals surface area contributed by atoms with Crippen molar-refractivity contribution in [2.24, 2.45) is 0 Å². The van der Waals surface area contributed by atoms with Gasteiger partial charge in [-0.05, 0) is 35.9 Å². The first kappa shape index (κ1) is 20.7.